The number of guanidine groups is 1. The number of hydrogen-bond acceptors (Lipinski definition) is 1. The van der Waals surface area contributed by atoms with E-state index in [1.165, 1.54) is 6.20 Å². The molecule has 0 saturated heterocycles. The van der Waals surface area contributed by atoms with Crippen LogP contribution in [0.2, 0.25) is 0 Å². The maximum Gasteiger partial charge on any atom is 0.192 e. The molecule has 0 rings (SSSR count). The highest BCUT2D eigenvalue weighted by Gasteiger charge is 1.73. The zero-order chi connectivity index (χ0) is 5.70. The van der Waals surface area contributed by atoms with Crippen LogP contribution in [0.15, 0.2) is 17.8 Å². The molecule has 40 valence electrons. The van der Waals surface area contributed by atoms with E-state index in [4.69, 9.17) is 5.73 Å². The molecule has 0 spiro atoms. The van der Waals surface area contributed by atoms with E-state index < -0.39 is 0 Å². The number of aliphatic imine (C=N–C) groups is 1. The van der Waals surface area contributed by atoms with E-state index in [0.29, 0.717) is 5.96 Å². The van der Waals surface area contributed by atoms with Crippen LogP contribution < -0.4 is 11.1 Å². The topological polar surface area (TPSA) is 50.4 Å². The molecule has 0 aromatic rings. The largest absolute Gasteiger partial charge is 0.370 e. The van der Waals surface area contributed by atoms with Gasteiger partial charge in [-0.25, -0.2) is 4.99 Å². The van der Waals surface area contributed by atoms with Gasteiger partial charge in [0.2, 0.25) is 0 Å². The summed E-state index contributed by atoms with van der Waals surface area (Å²) in [6.45, 7) is 3.34. The molecule has 0 atom stereocenters. The first kappa shape index (κ1) is 6.01. The van der Waals surface area contributed by atoms with Gasteiger partial charge in [0.15, 0.2) is 5.96 Å². The monoisotopic (exact) mass is 99.1 g/mol. The van der Waals surface area contributed by atoms with Gasteiger partial charge in [-0.2, -0.15) is 0 Å². The van der Waals surface area contributed by atoms with Crippen molar-refractivity contribution in [2.75, 3.05) is 7.05 Å². The van der Waals surface area contributed by atoms with E-state index in [9.17, 15) is 0 Å². The van der Waals surface area contributed by atoms with E-state index in [0.717, 1.165) is 0 Å². The molecule has 0 aromatic heterocycles. The standard InChI is InChI=1S/C4H9N3/c1-3-7-4(5)6-2/h3H,1H2,2H3,(H3,5,6,7). The summed E-state index contributed by atoms with van der Waals surface area (Å²) in [7, 11) is 1.70. The normalized spacial score (nSPS) is 10.7. The van der Waals surface area contributed by atoms with Gasteiger partial charge in [0, 0.05) is 13.2 Å². The van der Waals surface area contributed by atoms with Crippen LogP contribution in [0.3, 0.4) is 0 Å². The molecule has 0 aromatic carbocycles. The molecule has 0 aliphatic carbocycles. The third-order valence-electron chi connectivity index (χ3n) is 0.487. The first-order valence-corrected chi connectivity index (χ1v) is 1.93. The zero-order valence-electron chi connectivity index (χ0n) is 4.31. The van der Waals surface area contributed by atoms with Crippen molar-refractivity contribution in [3.8, 4) is 0 Å². The first-order chi connectivity index (χ1) is 3.31. The van der Waals surface area contributed by atoms with Crippen LogP contribution in [0.25, 0.3) is 0 Å². The van der Waals surface area contributed by atoms with Crippen LogP contribution in [-0.2, 0) is 0 Å². The molecule has 0 aliphatic rings. The minimum absolute atomic E-state index is 0.384. The van der Waals surface area contributed by atoms with Gasteiger partial charge in [-0.1, -0.05) is 6.58 Å². The third kappa shape index (κ3) is 2.82. The van der Waals surface area contributed by atoms with Crippen molar-refractivity contribution in [1.29, 1.82) is 0 Å². The van der Waals surface area contributed by atoms with Crippen molar-refractivity contribution >= 4 is 5.96 Å². The maximum absolute atomic E-state index is 5.15. The average molecular weight is 99.1 g/mol. The minimum atomic E-state index is 0.384. The smallest absolute Gasteiger partial charge is 0.192 e. The summed E-state index contributed by atoms with van der Waals surface area (Å²) in [5.41, 5.74) is 5.15. The van der Waals surface area contributed by atoms with Crippen molar-refractivity contribution < 1.29 is 0 Å². The van der Waals surface area contributed by atoms with Crippen LogP contribution in [0.5, 0.6) is 0 Å². The fourth-order valence-corrected chi connectivity index (χ4v) is 0.163. The Morgan fingerprint density at radius 2 is 2.57 bits per heavy atom. The highest BCUT2D eigenvalue weighted by molar-refractivity contribution is 5.77. The second kappa shape index (κ2) is 3.21. The fraction of sp³-hybridized carbons (Fsp3) is 0.250. The molecule has 3 N–H and O–H groups in total. The van der Waals surface area contributed by atoms with Crippen molar-refractivity contribution in [3.05, 3.63) is 12.8 Å². The number of nitrogens with one attached hydrogen (secondary N) is 1. The zero-order valence-corrected chi connectivity index (χ0v) is 4.31. The Bertz CT molecular complexity index is 84.9. The number of rotatable bonds is 1. The predicted octanol–water partition coefficient (Wildman–Crippen LogP) is -0.336. The summed E-state index contributed by atoms with van der Waals surface area (Å²) in [4.78, 5) is 3.59. The Morgan fingerprint density at radius 1 is 2.00 bits per heavy atom. The average Bonchev–Trinajstić information content (AvgIpc) is 1.68. The van der Waals surface area contributed by atoms with Crippen molar-refractivity contribution in [1.82, 2.24) is 5.32 Å². The number of nitrogens with zero attached hydrogens (tertiary/aromatic N) is 1. The Balaban J connectivity index is 3.49. The van der Waals surface area contributed by atoms with Crippen molar-refractivity contribution in [2.45, 2.75) is 0 Å². The Labute approximate surface area is 42.9 Å². The second-order valence-corrected chi connectivity index (χ2v) is 0.947. The second-order valence-electron chi connectivity index (χ2n) is 0.947. The van der Waals surface area contributed by atoms with Gasteiger partial charge in [-0.05, 0) is 0 Å². The van der Waals surface area contributed by atoms with E-state index >= 15 is 0 Å². The molecule has 0 radical (unpaired) electrons. The van der Waals surface area contributed by atoms with Gasteiger partial charge in [0.1, 0.15) is 0 Å². The molecule has 0 bridgehead atoms. The fourth-order valence-electron chi connectivity index (χ4n) is 0.163. The molecule has 0 heterocycles. The van der Waals surface area contributed by atoms with Gasteiger partial charge < -0.3 is 11.1 Å². The molecular weight excluding hydrogens is 90.1 g/mol. The molecule has 0 unspecified atom stereocenters. The Kier molecular flexibility index (Phi) is 2.76. The van der Waals surface area contributed by atoms with Gasteiger partial charge in [0.05, 0.1) is 0 Å². The van der Waals surface area contributed by atoms with Gasteiger partial charge in [-0.3, -0.25) is 0 Å². The maximum atomic E-state index is 5.15. The molecular formula is C4H9N3. The lowest BCUT2D eigenvalue weighted by Crippen LogP contribution is -2.26. The lowest BCUT2D eigenvalue weighted by molar-refractivity contribution is 1.14. The third-order valence-corrected chi connectivity index (χ3v) is 0.487. The van der Waals surface area contributed by atoms with Gasteiger partial charge in [-0.15, -0.1) is 0 Å². The van der Waals surface area contributed by atoms with Crippen LogP contribution in [-0.4, -0.2) is 13.0 Å². The van der Waals surface area contributed by atoms with Gasteiger partial charge >= 0.3 is 0 Å². The predicted molar refractivity (Wildman–Crippen MR) is 30.9 cm³/mol. The quantitative estimate of drug-likeness (QED) is 0.349. The summed E-state index contributed by atoms with van der Waals surface area (Å²) in [5, 5.41) is 2.62. The molecule has 7 heavy (non-hydrogen) atoms. The lowest BCUT2D eigenvalue weighted by atomic mass is 10.9. The minimum Gasteiger partial charge on any atom is -0.370 e. The molecule has 3 heteroatoms. The summed E-state index contributed by atoms with van der Waals surface area (Å²) in [6, 6.07) is 0. The molecule has 0 saturated carbocycles. The van der Waals surface area contributed by atoms with Crippen LogP contribution in [0.1, 0.15) is 0 Å². The van der Waals surface area contributed by atoms with E-state index in [1.54, 1.807) is 7.05 Å². The summed E-state index contributed by atoms with van der Waals surface area (Å²) in [6.07, 6.45) is 1.38. The number of hydrogen-bond donors (Lipinski definition) is 2. The van der Waals surface area contributed by atoms with E-state index in [-0.39, 0.29) is 0 Å². The summed E-state index contributed by atoms with van der Waals surface area (Å²) in [5.74, 6) is 0.384. The summed E-state index contributed by atoms with van der Waals surface area (Å²) < 4.78 is 0. The Hall–Kier alpha value is -0.990. The van der Waals surface area contributed by atoms with Crippen LogP contribution >= 0.6 is 0 Å². The van der Waals surface area contributed by atoms with Gasteiger partial charge in [0.25, 0.3) is 0 Å². The molecule has 3 nitrogen and oxygen atoms in total. The highest BCUT2D eigenvalue weighted by atomic mass is 15.1. The van der Waals surface area contributed by atoms with Crippen LogP contribution in [0, 0.1) is 0 Å². The van der Waals surface area contributed by atoms with E-state index in [1.807, 2.05) is 0 Å². The highest BCUT2D eigenvalue weighted by Crippen LogP contribution is 1.61. The lowest BCUT2D eigenvalue weighted by Gasteiger charge is -1.90. The number of nitrogens with two attached hydrogens (primary N) is 1. The van der Waals surface area contributed by atoms with Crippen molar-refractivity contribution in [3.63, 3.8) is 0 Å². The SMILES string of the molecule is C=C/N=C(/N)NC. The molecule has 0 amide bonds. The molecule has 0 aliphatic heterocycles. The van der Waals surface area contributed by atoms with Crippen molar-refractivity contribution in [2.24, 2.45) is 10.7 Å². The van der Waals surface area contributed by atoms with E-state index in [2.05, 4.69) is 16.9 Å². The molecule has 0 fully saturated rings. The Morgan fingerprint density at radius 3 is 2.71 bits per heavy atom. The summed E-state index contributed by atoms with van der Waals surface area (Å²) >= 11 is 0. The van der Waals surface area contributed by atoms with Crippen LogP contribution in [0.4, 0.5) is 0 Å². The first-order valence-electron chi connectivity index (χ1n) is 1.93.